The Balaban J connectivity index is 2.01. The first kappa shape index (κ1) is 11.6. The SMILES string of the molecule is C=CC(=O)N1CCCN(c2ccccn2)CC1. The highest BCUT2D eigenvalue weighted by Crippen LogP contribution is 2.12. The first-order valence-corrected chi connectivity index (χ1v) is 5.88. The molecular formula is C13H17N3O. The van der Waals surface area contributed by atoms with Gasteiger partial charge in [0.05, 0.1) is 0 Å². The minimum absolute atomic E-state index is 0.0212. The number of carbonyl (C=O) groups excluding carboxylic acids is 1. The zero-order chi connectivity index (χ0) is 12.1. The molecule has 0 aliphatic carbocycles. The van der Waals surface area contributed by atoms with Crippen molar-refractivity contribution in [3.05, 3.63) is 37.1 Å². The molecule has 90 valence electrons. The van der Waals surface area contributed by atoms with Crippen molar-refractivity contribution in [3.63, 3.8) is 0 Å². The van der Waals surface area contributed by atoms with Gasteiger partial charge >= 0.3 is 0 Å². The summed E-state index contributed by atoms with van der Waals surface area (Å²) in [7, 11) is 0. The molecule has 1 saturated heterocycles. The van der Waals surface area contributed by atoms with Crippen LogP contribution in [0.1, 0.15) is 6.42 Å². The van der Waals surface area contributed by atoms with E-state index in [4.69, 9.17) is 0 Å². The molecule has 0 unspecified atom stereocenters. The largest absolute Gasteiger partial charge is 0.355 e. The van der Waals surface area contributed by atoms with E-state index in [9.17, 15) is 4.79 Å². The van der Waals surface area contributed by atoms with Crippen molar-refractivity contribution in [1.29, 1.82) is 0 Å². The molecule has 0 N–H and O–H groups in total. The third-order valence-electron chi connectivity index (χ3n) is 2.96. The summed E-state index contributed by atoms with van der Waals surface area (Å²) in [5.41, 5.74) is 0. The van der Waals surface area contributed by atoms with E-state index in [1.807, 2.05) is 23.1 Å². The first-order chi connectivity index (χ1) is 8.31. The van der Waals surface area contributed by atoms with Gasteiger partial charge < -0.3 is 9.80 Å². The van der Waals surface area contributed by atoms with Crippen LogP contribution in [0.5, 0.6) is 0 Å². The van der Waals surface area contributed by atoms with Crippen LogP contribution in [-0.4, -0.2) is 42.0 Å². The van der Waals surface area contributed by atoms with E-state index in [0.717, 1.165) is 38.4 Å². The summed E-state index contributed by atoms with van der Waals surface area (Å²) in [6, 6.07) is 5.90. The van der Waals surface area contributed by atoms with Gasteiger partial charge in [0.25, 0.3) is 0 Å². The van der Waals surface area contributed by atoms with Crippen LogP contribution in [0.15, 0.2) is 37.1 Å². The lowest BCUT2D eigenvalue weighted by Gasteiger charge is -2.22. The number of hydrogen-bond acceptors (Lipinski definition) is 3. The molecule has 2 rings (SSSR count). The molecular weight excluding hydrogens is 214 g/mol. The van der Waals surface area contributed by atoms with Gasteiger partial charge in [-0.05, 0) is 24.6 Å². The molecule has 17 heavy (non-hydrogen) atoms. The van der Waals surface area contributed by atoms with E-state index in [-0.39, 0.29) is 5.91 Å². The average molecular weight is 231 g/mol. The molecule has 0 aromatic carbocycles. The molecule has 0 radical (unpaired) electrons. The van der Waals surface area contributed by atoms with Crippen LogP contribution in [-0.2, 0) is 4.79 Å². The Bertz CT molecular complexity index is 391. The van der Waals surface area contributed by atoms with Crippen molar-refractivity contribution in [1.82, 2.24) is 9.88 Å². The van der Waals surface area contributed by atoms with Crippen LogP contribution in [0.25, 0.3) is 0 Å². The van der Waals surface area contributed by atoms with Gasteiger partial charge in [0.15, 0.2) is 0 Å². The number of rotatable bonds is 2. The smallest absolute Gasteiger partial charge is 0.246 e. The van der Waals surface area contributed by atoms with Crippen LogP contribution in [0.2, 0.25) is 0 Å². The Hall–Kier alpha value is -1.84. The van der Waals surface area contributed by atoms with Crippen LogP contribution in [0, 0.1) is 0 Å². The van der Waals surface area contributed by atoms with E-state index in [1.54, 1.807) is 6.20 Å². The van der Waals surface area contributed by atoms with Gasteiger partial charge in [-0.3, -0.25) is 4.79 Å². The zero-order valence-corrected chi connectivity index (χ0v) is 9.88. The summed E-state index contributed by atoms with van der Waals surface area (Å²) in [6.07, 6.45) is 4.15. The molecule has 4 nitrogen and oxygen atoms in total. The van der Waals surface area contributed by atoms with Crippen molar-refractivity contribution in [2.45, 2.75) is 6.42 Å². The number of pyridine rings is 1. The lowest BCUT2D eigenvalue weighted by Crippen LogP contribution is -2.34. The van der Waals surface area contributed by atoms with Crippen molar-refractivity contribution in [3.8, 4) is 0 Å². The van der Waals surface area contributed by atoms with E-state index in [2.05, 4.69) is 16.5 Å². The van der Waals surface area contributed by atoms with Crippen molar-refractivity contribution >= 4 is 11.7 Å². The quantitative estimate of drug-likeness (QED) is 0.720. The second-order valence-electron chi connectivity index (χ2n) is 4.06. The number of nitrogens with zero attached hydrogens (tertiary/aromatic N) is 3. The average Bonchev–Trinajstić information content (AvgIpc) is 2.64. The predicted octanol–water partition coefficient (Wildman–Crippen LogP) is 1.31. The lowest BCUT2D eigenvalue weighted by atomic mass is 10.3. The Kier molecular flexibility index (Phi) is 3.75. The maximum atomic E-state index is 11.5. The summed E-state index contributed by atoms with van der Waals surface area (Å²) in [5, 5.41) is 0. The molecule has 4 heteroatoms. The Morgan fingerprint density at radius 3 is 2.88 bits per heavy atom. The highest BCUT2D eigenvalue weighted by atomic mass is 16.2. The molecule has 1 fully saturated rings. The number of anilines is 1. The number of carbonyl (C=O) groups is 1. The van der Waals surface area contributed by atoms with Gasteiger partial charge in [-0.1, -0.05) is 12.6 Å². The predicted molar refractivity (Wildman–Crippen MR) is 67.8 cm³/mol. The summed E-state index contributed by atoms with van der Waals surface area (Å²) >= 11 is 0. The fourth-order valence-corrected chi connectivity index (χ4v) is 2.04. The summed E-state index contributed by atoms with van der Waals surface area (Å²) in [6.45, 7) is 6.84. The molecule has 1 amide bonds. The zero-order valence-electron chi connectivity index (χ0n) is 9.88. The van der Waals surface area contributed by atoms with Gasteiger partial charge in [0.1, 0.15) is 5.82 Å². The third-order valence-corrected chi connectivity index (χ3v) is 2.96. The number of amides is 1. The first-order valence-electron chi connectivity index (χ1n) is 5.88. The molecule has 1 aromatic heterocycles. The van der Waals surface area contributed by atoms with Crippen molar-refractivity contribution < 1.29 is 4.79 Å². The van der Waals surface area contributed by atoms with Gasteiger partial charge in [-0.15, -0.1) is 0 Å². The summed E-state index contributed by atoms with van der Waals surface area (Å²) in [4.78, 5) is 19.9. The molecule has 0 atom stereocenters. The topological polar surface area (TPSA) is 36.4 Å². The third kappa shape index (κ3) is 2.84. The Morgan fingerprint density at radius 1 is 1.29 bits per heavy atom. The minimum atomic E-state index is 0.0212. The van der Waals surface area contributed by atoms with Crippen LogP contribution in [0.3, 0.4) is 0 Å². The molecule has 0 bridgehead atoms. The van der Waals surface area contributed by atoms with E-state index < -0.39 is 0 Å². The highest BCUT2D eigenvalue weighted by Gasteiger charge is 2.17. The van der Waals surface area contributed by atoms with E-state index >= 15 is 0 Å². The van der Waals surface area contributed by atoms with Gasteiger partial charge in [-0.2, -0.15) is 0 Å². The van der Waals surface area contributed by atoms with Crippen molar-refractivity contribution in [2.24, 2.45) is 0 Å². The standard InChI is InChI=1S/C13H17N3O/c1-2-13(17)16-9-5-8-15(10-11-16)12-6-3-4-7-14-12/h2-4,6-7H,1,5,8-11H2. The minimum Gasteiger partial charge on any atom is -0.355 e. The number of hydrogen-bond donors (Lipinski definition) is 0. The Morgan fingerprint density at radius 2 is 2.18 bits per heavy atom. The summed E-state index contributed by atoms with van der Waals surface area (Å²) < 4.78 is 0. The van der Waals surface area contributed by atoms with Gasteiger partial charge in [0.2, 0.25) is 5.91 Å². The molecule has 0 saturated carbocycles. The maximum Gasteiger partial charge on any atom is 0.246 e. The van der Waals surface area contributed by atoms with E-state index in [1.165, 1.54) is 6.08 Å². The molecule has 1 aliphatic heterocycles. The van der Waals surface area contributed by atoms with Gasteiger partial charge in [-0.25, -0.2) is 4.98 Å². The fourth-order valence-electron chi connectivity index (χ4n) is 2.04. The van der Waals surface area contributed by atoms with Crippen molar-refractivity contribution in [2.75, 3.05) is 31.1 Å². The fraction of sp³-hybridized carbons (Fsp3) is 0.385. The highest BCUT2D eigenvalue weighted by molar-refractivity contribution is 5.87. The monoisotopic (exact) mass is 231 g/mol. The van der Waals surface area contributed by atoms with Gasteiger partial charge in [0, 0.05) is 32.4 Å². The summed E-state index contributed by atoms with van der Waals surface area (Å²) in [5.74, 6) is 1.01. The number of aromatic nitrogens is 1. The lowest BCUT2D eigenvalue weighted by molar-refractivity contribution is -0.125. The molecule has 1 aliphatic rings. The normalized spacial score (nSPS) is 16.5. The van der Waals surface area contributed by atoms with Crippen LogP contribution < -0.4 is 4.90 Å². The van der Waals surface area contributed by atoms with E-state index in [0.29, 0.717) is 0 Å². The molecule has 2 heterocycles. The second kappa shape index (κ2) is 5.48. The van der Waals surface area contributed by atoms with Crippen LogP contribution in [0.4, 0.5) is 5.82 Å². The molecule has 0 spiro atoms. The molecule has 1 aromatic rings. The Labute approximate surface area is 102 Å². The maximum absolute atomic E-state index is 11.5. The van der Waals surface area contributed by atoms with Crippen LogP contribution >= 0.6 is 0 Å². The second-order valence-corrected chi connectivity index (χ2v) is 4.06.